The van der Waals surface area contributed by atoms with Gasteiger partial charge in [-0.2, -0.15) is 0 Å². The van der Waals surface area contributed by atoms with E-state index in [1.165, 1.54) is 18.2 Å². The van der Waals surface area contributed by atoms with Crippen molar-refractivity contribution in [3.05, 3.63) is 50.3 Å². The summed E-state index contributed by atoms with van der Waals surface area (Å²) in [5, 5.41) is 2.72. The maximum Gasteiger partial charge on any atom is 0.255 e. The molecule has 4 N–H and O–H groups in total. The number of nitrogens with zero attached hydrogens (tertiary/aromatic N) is 1. The Kier molecular flexibility index (Phi) is 5.00. The molecule has 0 saturated heterocycles. The van der Waals surface area contributed by atoms with Crippen LogP contribution in [0.4, 0.5) is 15.9 Å². The lowest BCUT2D eigenvalue weighted by Gasteiger charge is -2.10. The molecule has 1 aromatic carbocycles. The third-order valence-corrected chi connectivity index (χ3v) is 3.57. The lowest BCUT2D eigenvalue weighted by Crippen LogP contribution is -2.15. The fourth-order valence-corrected chi connectivity index (χ4v) is 2.66. The third kappa shape index (κ3) is 3.82. The molecule has 0 spiro atoms. The Hall–Kier alpha value is -1.41. The molecule has 0 bridgehead atoms. The largest absolute Gasteiger partial charge is 0.320 e. The van der Waals surface area contributed by atoms with Crippen molar-refractivity contribution in [2.24, 2.45) is 5.84 Å². The average molecular weight is 394 g/mol. The number of nitrogen functional groups attached to an aromatic ring is 1. The molecule has 0 radical (unpaired) electrons. The summed E-state index contributed by atoms with van der Waals surface area (Å²) < 4.78 is 13.5. The van der Waals surface area contributed by atoms with E-state index in [4.69, 9.17) is 29.0 Å². The fraction of sp³-hybridized carbons (Fsp3) is 0. The van der Waals surface area contributed by atoms with E-state index in [9.17, 15) is 9.18 Å². The highest BCUT2D eigenvalue weighted by molar-refractivity contribution is 9.10. The van der Waals surface area contributed by atoms with Crippen LogP contribution in [0, 0.1) is 5.82 Å². The Balaban J connectivity index is 2.32. The minimum atomic E-state index is -0.522. The first-order valence-corrected chi connectivity index (χ1v) is 7.05. The zero-order valence-electron chi connectivity index (χ0n) is 10.3. The molecular formula is C12H8BrCl2FN4O. The molecule has 1 heterocycles. The quantitative estimate of drug-likeness (QED) is 0.420. The smallest absolute Gasteiger partial charge is 0.255 e. The molecule has 1 aromatic heterocycles. The lowest BCUT2D eigenvalue weighted by atomic mass is 10.2. The number of anilines is 2. The minimum Gasteiger partial charge on any atom is -0.320 e. The van der Waals surface area contributed by atoms with Crippen LogP contribution in [0.25, 0.3) is 0 Å². The molecule has 9 heteroatoms. The van der Waals surface area contributed by atoms with Crippen molar-refractivity contribution in [3.8, 4) is 0 Å². The van der Waals surface area contributed by atoms with E-state index in [1.54, 1.807) is 0 Å². The second kappa shape index (κ2) is 6.57. The van der Waals surface area contributed by atoms with Crippen LogP contribution in [-0.2, 0) is 0 Å². The highest BCUT2D eigenvalue weighted by atomic mass is 79.9. The SMILES string of the molecule is NNc1cc(C(=O)Nc2c(Cl)cc(F)cc2Br)cc(Cl)n1. The summed E-state index contributed by atoms with van der Waals surface area (Å²) in [7, 11) is 0. The van der Waals surface area contributed by atoms with Gasteiger partial charge in [0.15, 0.2) is 0 Å². The Bertz CT molecular complexity index is 691. The van der Waals surface area contributed by atoms with Gasteiger partial charge in [-0.1, -0.05) is 23.2 Å². The molecule has 1 amide bonds. The van der Waals surface area contributed by atoms with Gasteiger partial charge in [0.2, 0.25) is 0 Å². The standard InChI is InChI=1S/C12H8BrCl2FN4O/c13-7-3-6(16)4-8(14)11(7)19-12(21)5-1-9(15)18-10(2-5)20-17/h1-4H,17H2,(H,18,20)(H,19,21). The van der Waals surface area contributed by atoms with Crippen LogP contribution < -0.4 is 16.6 Å². The number of hydrogen-bond donors (Lipinski definition) is 3. The van der Waals surface area contributed by atoms with Crippen LogP contribution >= 0.6 is 39.1 Å². The zero-order valence-corrected chi connectivity index (χ0v) is 13.4. The number of carbonyl (C=O) groups excluding carboxylic acids is 1. The van der Waals surface area contributed by atoms with Crippen molar-refractivity contribution in [1.29, 1.82) is 0 Å². The molecule has 0 aliphatic carbocycles. The number of nitrogens with one attached hydrogen (secondary N) is 2. The van der Waals surface area contributed by atoms with Gasteiger partial charge in [-0.3, -0.25) is 4.79 Å². The third-order valence-electron chi connectivity index (χ3n) is 2.45. The molecule has 110 valence electrons. The lowest BCUT2D eigenvalue weighted by molar-refractivity contribution is 0.102. The molecule has 5 nitrogen and oxygen atoms in total. The van der Waals surface area contributed by atoms with Gasteiger partial charge in [-0.05, 0) is 40.2 Å². The van der Waals surface area contributed by atoms with Crippen LogP contribution in [0.2, 0.25) is 10.2 Å². The average Bonchev–Trinajstić information content (AvgIpc) is 2.41. The summed E-state index contributed by atoms with van der Waals surface area (Å²) >= 11 is 14.8. The number of amides is 1. The van der Waals surface area contributed by atoms with E-state index in [0.717, 1.165) is 6.07 Å². The Morgan fingerprint density at radius 2 is 2.00 bits per heavy atom. The summed E-state index contributed by atoms with van der Waals surface area (Å²) in [6, 6.07) is 5.05. The van der Waals surface area contributed by atoms with Crippen molar-refractivity contribution in [3.63, 3.8) is 0 Å². The predicted molar refractivity (Wildman–Crippen MR) is 84.1 cm³/mol. The first-order valence-electron chi connectivity index (χ1n) is 5.51. The first-order chi connectivity index (χ1) is 9.90. The van der Waals surface area contributed by atoms with Crippen molar-refractivity contribution < 1.29 is 9.18 Å². The van der Waals surface area contributed by atoms with Gasteiger partial charge in [-0.15, -0.1) is 0 Å². The van der Waals surface area contributed by atoms with Crippen molar-refractivity contribution in [2.75, 3.05) is 10.7 Å². The maximum atomic E-state index is 13.1. The Morgan fingerprint density at radius 1 is 1.29 bits per heavy atom. The fourth-order valence-electron chi connectivity index (χ4n) is 1.55. The topological polar surface area (TPSA) is 80.0 Å². The van der Waals surface area contributed by atoms with Crippen LogP contribution in [-0.4, -0.2) is 10.9 Å². The second-order valence-electron chi connectivity index (χ2n) is 3.91. The van der Waals surface area contributed by atoms with Gasteiger partial charge < -0.3 is 10.7 Å². The zero-order chi connectivity index (χ0) is 15.6. The van der Waals surface area contributed by atoms with Crippen molar-refractivity contribution in [2.45, 2.75) is 0 Å². The van der Waals surface area contributed by atoms with Gasteiger partial charge in [0, 0.05) is 10.0 Å². The molecule has 0 saturated carbocycles. The summed E-state index contributed by atoms with van der Waals surface area (Å²) in [4.78, 5) is 16.0. The Labute approximate surface area is 137 Å². The number of hydrazine groups is 1. The number of nitrogens with two attached hydrogens (primary N) is 1. The minimum absolute atomic E-state index is 0.0625. The molecular weight excluding hydrogens is 386 g/mol. The highest BCUT2D eigenvalue weighted by Gasteiger charge is 2.14. The van der Waals surface area contributed by atoms with Gasteiger partial charge in [0.25, 0.3) is 5.91 Å². The summed E-state index contributed by atoms with van der Waals surface area (Å²) in [5.41, 5.74) is 2.76. The number of pyridine rings is 1. The normalized spacial score (nSPS) is 10.3. The highest BCUT2D eigenvalue weighted by Crippen LogP contribution is 2.32. The van der Waals surface area contributed by atoms with Gasteiger partial charge in [0.1, 0.15) is 16.8 Å². The van der Waals surface area contributed by atoms with Crippen LogP contribution in [0.15, 0.2) is 28.7 Å². The summed E-state index contributed by atoms with van der Waals surface area (Å²) in [6.45, 7) is 0. The first kappa shape index (κ1) is 16.0. The van der Waals surface area contributed by atoms with E-state index >= 15 is 0 Å². The van der Waals surface area contributed by atoms with E-state index in [0.29, 0.717) is 4.47 Å². The van der Waals surface area contributed by atoms with Crippen molar-refractivity contribution >= 4 is 56.5 Å². The van der Waals surface area contributed by atoms with Gasteiger partial charge in [-0.25, -0.2) is 15.2 Å². The van der Waals surface area contributed by atoms with Crippen LogP contribution in [0.5, 0.6) is 0 Å². The number of carbonyl (C=O) groups is 1. The second-order valence-corrected chi connectivity index (χ2v) is 5.56. The number of halogens is 4. The Morgan fingerprint density at radius 3 is 2.62 bits per heavy atom. The number of hydrogen-bond acceptors (Lipinski definition) is 4. The maximum absolute atomic E-state index is 13.1. The molecule has 0 aliphatic rings. The van der Waals surface area contributed by atoms with Crippen LogP contribution in [0.1, 0.15) is 10.4 Å². The number of aromatic nitrogens is 1. The van der Waals surface area contributed by atoms with Crippen LogP contribution in [0.3, 0.4) is 0 Å². The van der Waals surface area contributed by atoms with E-state index in [1.807, 2.05) is 0 Å². The van der Waals surface area contributed by atoms with Crippen molar-refractivity contribution in [1.82, 2.24) is 4.98 Å². The molecule has 2 aromatic rings. The monoisotopic (exact) mass is 392 g/mol. The molecule has 2 rings (SSSR count). The van der Waals surface area contributed by atoms with E-state index in [-0.39, 0.29) is 27.2 Å². The molecule has 0 aliphatic heterocycles. The molecule has 0 fully saturated rings. The predicted octanol–water partition coefficient (Wildman–Crippen LogP) is 3.83. The number of rotatable bonds is 3. The molecule has 21 heavy (non-hydrogen) atoms. The van der Waals surface area contributed by atoms with Gasteiger partial charge >= 0.3 is 0 Å². The van der Waals surface area contributed by atoms with E-state index in [2.05, 4.69) is 31.7 Å². The number of benzene rings is 1. The van der Waals surface area contributed by atoms with Gasteiger partial charge in [0.05, 0.1) is 10.7 Å². The van der Waals surface area contributed by atoms with E-state index < -0.39 is 11.7 Å². The summed E-state index contributed by atoms with van der Waals surface area (Å²) in [6.07, 6.45) is 0. The molecule has 0 unspecified atom stereocenters. The summed E-state index contributed by atoms with van der Waals surface area (Å²) in [5.74, 6) is 4.45. The molecule has 0 atom stereocenters.